The van der Waals surface area contributed by atoms with Crippen molar-refractivity contribution in [3.05, 3.63) is 0 Å². The highest BCUT2D eigenvalue weighted by Gasteiger charge is 2.21. The highest BCUT2D eigenvalue weighted by molar-refractivity contribution is 4.69. The molecule has 3 heteroatoms. The first-order chi connectivity index (χ1) is 5.88. The van der Waals surface area contributed by atoms with Gasteiger partial charge in [-0.1, -0.05) is 0 Å². The van der Waals surface area contributed by atoms with Crippen LogP contribution >= 0.6 is 0 Å². The normalized spacial score (nSPS) is 25.8. The predicted molar refractivity (Wildman–Crippen MR) is 48.0 cm³/mol. The van der Waals surface area contributed by atoms with Crippen molar-refractivity contribution in [1.29, 1.82) is 0 Å². The third-order valence-corrected chi connectivity index (χ3v) is 2.47. The minimum Gasteiger partial charge on any atom is -0.356 e. The molecular weight excluding hydrogens is 154 g/mol. The molecule has 0 aromatic heterocycles. The van der Waals surface area contributed by atoms with E-state index >= 15 is 0 Å². The molecule has 1 saturated heterocycles. The number of rotatable bonds is 3. The SMILES string of the molecule is COC(OC)C1CCCNCC1. The van der Waals surface area contributed by atoms with Gasteiger partial charge in [-0.2, -0.15) is 0 Å². The Morgan fingerprint density at radius 3 is 2.58 bits per heavy atom. The molecule has 72 valence electrons. The zero-order valence-electron chi connectivity index (χ0n) is 8.01. The molecule has 0 radical (unpaired) electrons. The molecule has 1 aliphatic heterocycles. The Labute approximate surface area is 74.4 Å². The third-order valence-electron chi connectivity index (χ3n) is 2.47. The van der Waals surface area contributed by atoms with Gasteiger partial charge in [-0.15, -0.1) is 0 Å². The third kappa shape index (κ3) is 2.73. The minimum absolute atomic E-state index is 0.00935. The highest BCUT2D eigenvalue weighted by atomic mass is 16.7. The topological polar surface area (TPSA) is 30.5 Å². The molecule has 0 aromatic carbocycles. The van der Waals surface area contributed by atoms with Crippen molar-refractivity contribution in [2.24, 2.45) is 5.92 Å². The van der Waals surface area contributed by atoms with Gasteiger partial charge in [-0.25, -0.2) is 0 Å². The van der Waals surface area contributed by atoms with Crippen molar-refractivity contribution in [1.82, 2.24) is 5.32 Å². The Balaban J connectivity index is 2.35. The second-order valence-corrected chi connectivity index (χ2v) is 3.28. The second kappa shape index (κ2) is 5.51. The Bertz CT molecular complexity index is 107. The lowest BCUT2D eigenvalue weighted by Crippen LogP contribution is -2.25. The fourth-order valence-electron chi connectivity index (χ4n) is 1.80. The van der Waals surface area contributed by atoms with Gasteiger partial charge < -0.3 is 14.8 Å². The first-order valence-electron chi connectivity index (χ1n) is 4.64. The van der Waals surface area contributed by atoms with Crippen molar-refractivity contribution in [2.45, 2.75) is 25.6 Å². The van der Waals surface area contributed by atoms with E-state index in [4.69, 9.17) is 9.47 Å². The predicted octanol–water partition coefficient (Wildman–Crippen LogP) is 0.995. The van der Waals surface area contributed by atoms with Gasteiger partial charge in [0, 0.05) is 20.1 Å². The van der Waals surface area contributed by atoms with E-state index in [0.29, 0.717) is 5.92 Å². The summed E-state index contributed by atoms with van der Waals surface area (Å²) in [6.07, 6.45) is 3.59. The van der Waals surface area contributed by atoms with Crippen LogP contribution < -0.4 is 5.32 Å². The fourth-order valence-corrected chi connectivity index (χ4v) is 1.80. The van der Waals surface area contributed by atoms with Gasteiger partial charge in [-0.3, -0.25) is 0 Å². The van der Waals surface area contributed by atoms with E-state index in [9.17, 15) is 0 Å². The number of methoxy groups -OCH3 is 2. The molecule has 0 spiro atoms. The lowest BCUT2D eigenvalue weighted by atomic mass is 10.0. The Morgan fingerprint density at radius 1 is 1.17 bits per heavy atom. The Morgan fingerprint density at radius 2 is 1.92 bits per heavy atom. The van der Waals surface area contributed by atoms with Crippen molar-refractivity contribution in [2.75, 3.05) is 27.3 Å². The number of hydrogen-bond donors (Lipinski definition) is 1. The van der Waals surface area contributed by atoms with Crippen molar-refractivity contribution in [3.63, 3.8) is 0 Å². The van der Waals surface area contributed by atoms with E-state index in [1.807, 2.05) is 0 Å². The first kappa shape index (κ1) is 9.96. The van der Waals surface area contributed by atoms with Gasteiger partial charge in [0.1, 0.15) is 0 Å². The summed E-state index contributed by atoms with van der Waals surface area (Å²) in [5, 5.41) is 3.37. The van der Waals surface area contributed by atoms with E-state index in [1.165, 1.54) is 12.8 Å². The number of hydrogen-bond acceptors (Lipinski definition) is 3. The highest BCUT2D eigenvalue weighted by Crippen LogP contribution is 2.19. The van der Waals surface area contributed by atoms with Crippen molar-refractivity contribution >= 4 is 0 Å². The molecule has 0 aliphatic carbocycles. The smallest absolute Gasteiger partial charge is 0.159 e. The molecule has 1 aliphatic rings. The average molecular weight is 173 g/mol. The molecule has 1 N–H and O–H groups in total. The molecule has 0 bridgehead atoms. The summed E-state index contributed by atoms with van der Waals surface area (Å²) in [6.45, 7) is 2.23. The molecule has 3 nitrogen and oxygen atoms in total. The lowest BCUT2D eigenvalue weighted by molar-refractivity contribution is -0.139. The molecule has 1 atom stereocenters. The molecular formula is C9H19NO2. The minimum atomic E-state index is -0.00935. The van der Waals surface area contributed by atoms with E-state index in [0.717, 1.165) is 19.5 Å². The van der Waals surface area contributed by atoms with Crippen LogP contribution in [0.25, 0.3) is 0 Å². The van der Waals surface area contributed by atoms with Crippen LogP contribution in [0.2, 0.25) is 0 Å². The van der Waals surface area contributed by atoms with Crippen LogP contribution in [0.1, 0.15) is 19.3 Å². The van der Waals surface area contributed by atoms with Gasteiger partial charge in [0.2, 0.25) is 0 Å². The van der Waals surface area contributed by atoms with Gasteiger partial charge in [-0.05, 0) is 32.4 Å². The number of ether oxygens (including phenoxy) is 2. The van der Waals surface area contributed by atoms with Crippen molar-refractivity contribution in [3.8, 4) is 0 Å². The van der Waals surface area contributed by atoms with Crippen LogP contribution in [0.5, 0.6) is 0 Å². The zero-order valence-corrected chi connectivity index (χ0v) is 8.01. The molecule has 12 heavy (non-hydrogen) atoms. The van der Waals surface area contributed by atoms with E-state index in [-0.39, 0.29) is 6.29 Å². The summed E-state index contributed by atoms with van der Waals surface area (Å²) < 4.78 is 10.5. The quantitative estimate of drug-likeness (QED) is 0.646. The standard InChI is InChI=1S/C9H19NO2/c1-11-9(12-2)8-4-3-6-10-7-5-8/h8-10H,3-7H2,1-2H3. The van der Waals surface area contributed by atoms with Gasteiger partial charge in [0.25, 0.3) is 0 Å². The molecule has 0 aromatic rings. The average Bonchev–Trinajstić information content (AvgIpc) is 2.35. The molecule has 0 saturated carbocycles. The van der Waals surface area contributed by atoms with Crippen LogP contribution in [0.3, 0.4) is 0 Å². The maximum absolute atomic E-state index is 5.24. The summed E-state index contributed by atoms with van der Waals surface area (Å²) in [5.74, 6) is 0.565. The van der Waals surface area contributed by atoms with E-state index in [2.05, 4.69) is 5.32 Å². The van der Waals surface area contributed by atoms with Crippen LogP contribution in [0, 0.1) is 5.92 Å². The molecule has 1 rings (SSSR count). The summed E-state index contributed by atoms with van der Waals surface area (Å²) in [7, 11) is 3.43. The summed E-state index contributed by atoms with van der Waals surface area (Å²) in [4.78, 5) is 0. The van der Waals surface area contributed by atoms with Crippen LogP contribution in [0.15, 0.2) is 0 Å². The number of nitrogens with one attached hydrogen (secondary N) is 1. The zero-order chi connectivity index (χ0) is 8.81. The largest absolute Gasteiger partial charge is 0.356 e. The summed E-state index contributed by atoms with van der Waals surface area (Å²) in [6, 6.07) is 0. The fraction of sp³-hybridized carbons (Fsp3) is 1.00. The Hall–Kier alpha value is -0.120. The molecule has 1 unspecified atom stereocenters. The van der Waals surface area contributed by atoms with Crippen molar-refractivity contribution < 1.29 is 9.47 Å². The van der Waals surface area contributed by atoms with E-state index < -0.39 is 0 Å². The van der Waals surface area contributed by atoms with Crippen LogP contribution in [-0.4, -0.2) is 33.6 Å². The first-order valence-corrected chi connectivity index (χ1v) is 4.64. The van der Waals surface area contributed by atoms with Gasteiger partial charge in [0.05, 0.1) is 0 Å². The monoisotopic (exact) mass is 173 g/mol. The molecule has 1 heterocycles. The molecule has 1 fully saturated rings. The maximum atomic E-state index is 5.24. The maximum Gasteiger partial charge on any atom is 0.159 e. The van der Waals surface area contributed by atoms with Crippen LogP contribution in [0.4, 0.5) is 0 Å². The van der Waals surface area contributed by atoms with E-state index in [1.54, 1.807) is 14.2 Å². The van der Waals surface area contributed by atoms with Gasteiger partial charge in [0.15, 0.2) is 6.29 Å². The summed E-state index contributed by atoms with van der Waals surface area (Å²) in [5.41, 5.74) is 0. The Kier molecular flexibility index (Phi) is 4.58. The second-order valence-electron chi connectivity index (χ2n) is 3.28. The van der Waals surface area contributed by atoms with Gasteiger partial charge >= 0.3 is 0 Å². The summed E-state index contributed by atoms with van der Waals surface area (Å²) >= 11 is 0. The lowest BCUT2D eigenvalue weighted by Gasteiger charge is -2.22. The molecule has 0 amide bonds. The van der Waals surface area contributed by atoms with Crippen LogP contribution in [-0.2, 0) is 9.47 Å².